The van der Waals surface area contributed by atoms with Crippen molar-refractivity contribution in [2.75, 3.05) is 5.32 Å². The lowest BCUT2D eigenvalue weighted by Crippen LogP contribution is -2.29. The summed E-state index contributed by atoms with van der Waals surface area (Å²) in [7, 11) is 0. The third-order valence-electron chi connectivity index (χ3n) is 5.79. The van der Waals surface area contributed by atoms with Crippen LogP contribution in [0.4, 0.5) is 5.95 Å². The summed E-state index contributed by atoms with van der Waals surface area (Å²) in [4.78, 5) is 21.9. The molecule has 1 unspecified atom stereocenters. The van der Waals surface area contributed by atoms with E-state index in [0.29, 0.717) is 11.5 Å². The normalized spacial score (nSPS) is 19.9. The van der Waals surface area contributed by atoms with Gasteiger partial charge in [-0.1, -0.05) is 43.3 Å². The molecule has 3 N–H and O–H groups in total. The first-order chi connectivity index (χ1) is 14.6. The van der Waals surface area contributed by atoms with Crippen LogP contribution in [-0.4, -0.2) is 33.1 Å². The topological polar surface area (TPSA) is 87.1 Å². The lowest BCUT2D eigenvalue weighted by molar-refractivity contribution is 0.0935. The summed E-state index contributed by atoms with van der Waals surface area (Å²) in [5, 5.41) is 17.1. The highest BCUT2D eigenvalue weighted by molar-refractivity contribution is 5.98. The van der Waals surface area contributed by atoms with Gasteiger partial charge < -0.3 is 15.7 Å². The molecule has 30 heavy (non-hydrogen) atoms. The maximum absolute atomic E-state index is 12.9. The summed E-state index contributed by atoms with van der Waals surface area (Å²) in [5.41, 5.74) is 2.42. The largest absolute Gasteiger partial charge is 0.393 e. The SMILES string of the molecule is CCC(NC(=O)c1ccc2cnc(N[C@H]3CC[C@H](O)CC3)nc2c1)c1ccccc1. The quantitative estimate of drug-likeness (QED) is 0.572. The van der Waals surface area contributed by atoms with Crippen molar-refractivity contribution in [2.24, 2.45) is 0 Å². The lowest BCUT2D eigenvalue weighted by atomic mass is 9.93. The fraction of sp³-hybridized carbons (Fsp3) is 0.375. The Morgan fingerprint density at radius 1 is 1.13 bits per heavy atom. The minimum atomic E-state index is -0.190. The number of fused-ring (bicyclic) bond motifs is 1. The zero-order valence-electron chi connectivity index (χ0n) is 17.2. The molecule has 6 nitrogen and oxygen atoms in total. The molecule has 1 fully saturated rings. The number of aliphatic hydroxyl groups is 1. The number of aliphatic hydroxyl groups excluding tert-OH is 1. The maximum atomic E-state index is 12.9. The van der Waals surface area contributed by atoms with E-state index in [4.69, 9.17) is 0 Å². The van der Waals surface area contributed by atoms with Gasteiger partial charge in [-0.15, -0.1) is 0 Å². The number of benzene rings is 2. The van der Waals surface area contributed by atoms with E-state index in [0.717, 1.165) is 48.6 Å². The predicted octanol–water partition coefficient (Wildman–Crippen LogP) is 4.23. The summed E-state index contributed by atoms with van der Waals surface area (Å²) in [6, 6.07) is 15.8. The third kappa shape index (κ3) is 4.76. The average molecular weight is 405 g/mol. The van der Waals surface area contributed by atoms with Crippen LogP contribution in [0, 0.1) is 0 Å². The number of nitrogens with one attached hydrogen (secondary N) is 2. The van der Waals surface area contributed by atoms with Crippen LogP contribution in [0.2, 0.25) is 0 Å². The summed E-state index contributed by atoms with van der Waals surface area (Å²) < 4.78 is 0. The van der Waals surface area contributed by atoms with E-state index in [-0.39, 0.29) is 24.1 Å². The minimum Gasteiger partial charge on any atom is -0.393 e. The molecule has 1 amide bonds. The summed E-state index contributed by atoms with van der Waals surface area (Å²) in [5.74, 6) is 0.458. The Morgan fingerprint density at radius 3 is 2.63 bits per heavy atom. The van der Waals surface area contributed by atoms with E-state index in [9.17, 15) is 9.90 Å². The van der Waals surface area contributed by atoms with Crippen molar-refractivity contribution in [3.8, 4) is 0 Å². The Bertz CT molecular complexity index is 1000. The third-order valence-corrected chi connectivity index (χ3v) is 5.79. The van der Waals surface area contributed by atoms with E-state index < -0.39 is 0 Å². The molecule has 1 aromatic heterocycles. The highest BCUT2D eigenvalue weighted by Gasteiger charge is 2.20. The van der Waals surface area contributed by atoms with Gasteiger partial charge >= 0.3 is 0 Å². The second-order valence-corrected chi connectivity index (χ2v) is 7.96. The van der Waals surface area contributed by atoms with Crippen molar-refractivity contribution in [1.29, 1.82) is 0 Å². The fourth-order valence-corrected chi connectivity index (χ4v) is 3.98. The number of amides is 1. The second kappa shape index (κ2) is 9.22. The van der Waals surface area contributed by atoms with Gasteiger partial charge in [0, 0.05) is 23.2 Å². The van der Waals surface area contributed by atoms with Gasteiger partial charge in [-0.05, 0) is 49.8 Å². The predicted molar refractivity (Wildman–Crippen MR) is 118 cm³/mol. The number of carbonyl (C=O) groups is 1. The molecular formula is C24H28N4O2. The first-order valence-electron chi connectivity index (χ1n) is 10.7. The number of nitrogens with zero attached hydrogens (tertiary/aromatic N) is 2. The fourth-order valence-electron chi connectivity index (χ4n) is 3.98. The van der Waals surface area contributed by atoms with Crippen LogP contribution in [0.15, 0.2) is 54.7 Å². The molecule has 2 aromatic carbocycles. The van der Waals surface area contributed by atoms with Gasteiger partial charge in [-0.2, -0.15) is 0 Å². The van der Waals surface area contributed by atoms with Crippen molar-refractivity contribution in [1.82, 2.24) is 15.3 Å². The van der Waals surface area contributed by atoms with Crippen LogP contribution >= 0.6 is 0 Å². The molecule has 0 saturated heterocycles. The second-order valence-electron chi connectivity index (χ2n) is 7.96. The highest BCUT2D eigenvalue weighted by Crippen LogP contribution is 2.22. The summed E-state index contributed by atoms with van der Waals surface area (Å²) >= 11 is 0. The van der Waals surface area contributed by atoms with E-state index in [1.165, 1.54) is 0 Å². The molecule has 1 aliphatic carbocycles. The van der Waals surface area contributed by atoms with Gasteiger partial charge in [0.05, 0.1) is 17.7 Å². The summed E-state index contributed by atoms with van der Waals surface area (Å²) in [6.45, 7) is 2.06. The first-order valence-corrected chi connectivity index (χ1v) is 10.7. The van der Waals surface area contributed by atoms with Gasteiger partial charge in [-0.3, -0.25) is 4.79 Å². The van der Waals surface area contributed by atoms with Crippen molar-refractivity contribution < 1.29 is 9.90 Å². The van der Waals surface area contributed by atoms with E-state index in [1.54, 1.807) is 6.20 Å². The Labute approximate surface area is 176 Å². The number of rotatable bonds is 6. The molecule has 0 radical (unpaired) electrons. The van der Waals surface area contributed by atoms with Crippen molar-refractivity contribution in [2.45, 2.75) is 57.2 Å². The zero-order chi connectivity index (χ0) is 20.9. The molecule has 1 heterocycles. The number of hydrogen-bond acceptors (Lipinski definition) is 5. The first kappa shape index (κ1) is 20.3. The van der Waals surface area contributed by atoms with Crippen molar-refractivity contribution in [3.05, 3.63) is 65.9 Å². The standard InChI is InChI=1S/C24H28N4O2/c1-2-21(16-6-4-3-5-7-16)27-23(30)17-8-9-18-15-25-24(28-22(18)14-17)26-19-10-12-20(29)13-11-19/h3-9,14-15,19-21,29H,2,10-13H2,1H3,(H,27,30)(H,25,26,28)/t19-,20-,21?. The van der Waals surface area contributed by atoms with Crippen LogP contribution in [0.5, 0.6) is 0 Å². The van der Waals surface area contributed by atoms with E-state index in [2.05, 4.69) is 27.5 Å². The van der Waals surface area contributed by atoms with Crippen LogP contribution in [0.25, 0.3) is 10.9 Å². The number of hydrogen-bond donors (Lipinski definition) is 3. The molecular weight excluding hydrogens is 376 g/mol. The molecule has 156 valence electrons. The van der Waals surface area contributed by atoms with Crippen molar-refractivity contribution in [3.63, 3.8) is 0 Å². The average Bonchev–Trinajstić information content (AvgIpc) is 2.79. The van der Waals surface area contributed by atoms with Crippen LogP contribution < -0.4 is 10.6 Å². The van der Waals surface area contributed by atoms with Gasteiger partial charge in [0.25, 0.3) is 5.91 Å². The van der Waals surface area contributed by atoms with Gasteiger partial charge in [0.15, 0.2) is 0 Å². The van der Waals surface area contributed by atoms with E-state index >= 15 is 0 Å². The number of carbonyl (C=O) groups excluding carboxylic acids is 1. The lowest BCUT2D eigenvalue weighted by Gasteiger charge is -2.26. The molecule has 0 spiro atoms. The smallest absolute Gasteiger partial charge is 0.251 e. The minimum absolute atomic E-state index is 0.0290. The van der Waals surface area contributed by atoms with E-state index in [1.807, 2.05) is 48.5 Å². The number of aromatic nitrogens is 2. The molecule has 1 saturated carbocycles. The van der Waals surface area contributed by atoms with Crippen LogP contribution in [0.1, 0.15) is 61.0 Å². The Hall–Kier alpha value is -2.99. The Morgan fingerprint density at radius 2 is 1.90 bits per heavy atom. The molecule has 6 heteroatoms. The molecule has 0 aliphatic heterocycles. The van der Waals surface area contributed by atoms with Crippen LogP contribution in [0.3, 0.4) is 0 Å². The Balaban J connectivity index is 1.49. The molecule has 3 aromatic rings. The van der Waals surface area contributed by atoms with Crippen LogP contribution in [-0.2, 0) is 0 Å². The highest BCUT2D eigenvalue weighted by atomic mass is 16.3. The van der Waals surface area contributed by atoms with Gasteiger partial charge in [0.1, 0.15) is 0 Å². The summed E-state index contributed by atoms with van der Waals surface area (Å²) in [6.07, 6.45) is 5.82. The van der Waals surface area contributed by atoms with Gasteiger partial charge in [0.2, 0.25) is 5.95 Å². The molecule has 0 bridgehead atoms. The monoisotopic (exact) mass is 404 g/mol. The maximum Gasteiger partial charge on any atom is 0.251 e. The zero-order valence-corrected chi connectivity index (χ0v) is 17.2. The molecule has 4 rings (SSSR count). The van der Waals surface area contributed by atoms with Gasteiger partial charge in [-0.25, -0.2) is 9.97 Å². The number of anilines is 1. The van der Waals surface area contributed by atoms with Crippen molar-refractivity contribution >= 4 is 22.8 Å². The molecule has 1 aliphatic rings. The molecule has 1 atom stereocenters. The Kier molecular flexibility index (Phi) is 6.23.